The van der Waals surface area contributed by atoms with Crippen molar-refractivity contribution in [2.75, 3.05) is 0 Å². The second-order valence-corrected chi connectivity index (χ2v) is 14.3. The van der Waals surface area contributed by atoms with Gasteiger partial charge in [-0.05, 0) is 42.5 Å². The Morgan fingerprint density at radius 1 is 0.442 bits per heavy atom. The summed E-state index contributed by atoms with van der Waals surface area (Å²) in [6, 6.07) is 53.0. The molecule has 7 heteroatoms. The van der Waals surface area contributed by atoms with E-state index in [2.05, 4.69) is 149 Å². The van der Waals surface area contributed by atoms with E-state index in [9.17, 15) is 0 Å². The third kappa shape index (κ3) is 3.75. The summed E-state index contributed by atoms with van der Waals surface area (Å²) in [5.41, 5.74) is 6.85. The number of rotatable bonds is 3. The highest BCUT2D eigenvalue weighted by atomic mass is 32.1. The van der Waals surface area contributed by atoms with Crippen molar-refractivity contribution in [2.24, 2.45) is 0 Å². The summed E-state index contributed by atoms with van der Waals surface area (Å²) in [7, 11) is 0. The molecule has 242 valence electrons. The molecule has 5 aromatic heterocycles. The van der Waals surface area contributed by atoms with Crippen molar-refractivity contribution < 1.29 is 4.42 Å². The number of fused-ring (bicyclic) bond motifs is 13. The molecule has 0 amide bonds. The van der Waals surface area contributed by atoms with Crippen molar-refractivity contribution in [3.63, 3.8) is 0 Å². The van der Waals surface area contributed by atoms with E-state index >= 15 is 0 Å². The number of benzene rings is 7. The minimum absolute atomic E-state index is 0.561. The highest BCUT2D eigenvalue weighted by Crippen LogP contribution is 2.46. The Balaban J connectivity index is 1.26. The molecule has 0 saturated heterocycles. The topological polar surface area (TPSA) is 61.7 Å². The monoisotopic (exact) mass is 683 g/mol. The molecule has 0 atom stereocenters. The number of hydrogen-bond acceptors (Lipinski definition) is 5. The minimum Gasteiger partial charge on any atom is -0.455 e. The molecule has 7 aromatic carbocycles. The molecule has 0 spiro atoms. The first-order chi connectivity index (χ1) is 25.8. The van der Waals surface area contributed by atoms with Gasteiger partial charge in [0.25, 0.3) is 0 Å². The lowest BCUT2D eigenvalue weighted by Gasteiger charge is -2.13. The molecule has 5 heterocycles. The second-order valence-electron chi connectivity index (χ2n) is 13.2. The van der Waals surface area contributed by atoms with Gasteiger partial charge in [0.15, 0.2) is 5.82 Å². The molecule has 0 saturated carbocycles. The Morgan fingerprint density at radius 2 is 0.904 bits per heavy atom. The summed E-state index contributed by atoms with van der Waals surface area (Å²) in [6.45, 7) is 0. The van der Waals surface area contributed by atoms with Gasteiger partial charge in [-0.25, -0.2) is 0 Å². The SMILES string of the molecule is c1ccc2c(c1)oc1c2cc(-c2nc(-n3c4ccccc4c4ccccc43)nc(-n3c4ccccc4c4ccccc43)n2)c2sc3ccccc3c21. The molecule has 0 radical (unpaired) electrons. The van der Waals surface area contributed by atoms with Crippen LogP contribution in [-0.4, -0.2) is 24.1 Å². The fourth-order valence-electron chi connectivity index (χ4n) is 8.18. The van der Waals surface area contributed by atoms with E-state index in [4.69, 9.17) is 19.4 Å². The maximum Gasteiger partial charge on any atom is 0.240 e. The minimum atomic E-state index is 0.561. The van der Waals surface area contributed by atoms with Crippen LogP contribution in [0.4, 0.5) is 0 Å². The Kier molecular flexibility index (Phi) is 5.56. The number of aromatic nitrogens is 5. The molecule has 0 aliphatic carbocycles. The predicted molar refractivity (Wildman–Crippen MR) is 214 cm³/mol. The van der Waals surface area contributed by atoms with E-state index in [1.165, 1.54) is 4.70 Å². The molecular formula is C45H25N5OS. The van der Waals surface area contributed by atoms with Gasteiger partial charge in [0.1, 0.15) is 11.2 Å². The van der Waals surface area contributed by atoms with Crippen molar-refractivity contribution >= 4 is 97.1 Å². The summed E-state index contributed by atoms with van der Waals surface area (Å²) in [5.74, 6) is 1.73. The summed E-state index contributed by atoms with van der Waals surface area (Å²) in [4.78, 5) is 16.2. The fourth-order valence-corrected chi connectivity index (χ4v) is 9.39. The molecule has 12 aromatic rings. The maximum atomic E-state index is 6.63. The van der Waals surface area contributed by atoms with Crippen molar-refractivity contribution in [1.29, 1.82) is 0 Å². The van der Waals surface area contributed by atoms with E-state index in [1.54, 1.807) is 11.3 Å². The van der Waals surface area contributed by atoms with Crippen LogP contribution in [0.1, 0.15) is 0 Å². The largest absolute Gasteiger partial charge is 0.455 e. The average molecular weight is 684 g/mol. The molecule has 0 aliphatic heterocycles. The van der Waals surface area contributed by atoms with E-state index in [0.29, 0.717) is 17.7 Å². The van der Waals surface area contributed by atoms with Gasteiger partial charge in [0.2, 0.25) is 11.9 Å². The van der Waals surface area contributed by atoms with Gasteiger partial charge in [0, 0.05) is 53.4 Å². The standard InChI is InChI=1S/C45H25N5OS/c1-7-19-34-26(13-1)27-14-2-8-20-35(27)49(34)44-46-43(47-45(48-44)50-36-21-9-3-15-28(36)29-16-4-10-22-37(29)50)33-25-32-30-17-5-11-23-38(30)51-41(32)40-31-18-6-12-24-39(31)52-42(33)40/h1-25H. The summed E-state index contributed by atoms with van der Waals surface area (Å²) in [6.07, 6.45) is 0. The molecule has 0 fully saturated rings. The van der Waals surface area contributed by atoms with Gasteiger partial charge in [-0.1, -0.05) is 109 Å². The van der Waals surface area contributed by atoms with Crippen LogP contribution in [0.3, 0.4) is 0 Å². The van der Waals surface area contributed by atoms with Gasteiger partial charge >= 0.3 is 0 Å². The first kappa shape index (κ1) is 27.9. The lowest BCUT2D eigenvalue weighted by molar-refractivity contribution is 0.673. The van der Waals surface area contributed by atoms with Gasteiger partial charge in [-0.3, -0.25) is 9.13 Å². The van der Waals surface area contributed by atoms with Crippen LogP contribution < -0.4 is 0 Å². The molecular weight excluding hydrogens is 659 g/mol. The van der Waals surface area contributed by atoms with Gasteiger partial charge in [-0.15, -0.1) is 11.3 Å². The normalized spacial score (nSPS) is 12.2. The number of hydrogen-bond donors (Lipinski definition) is 0. The zero-order valence-corrected chi connectivity index (χ0v) is 28.3. The number of furan rings is 1. The van der Waals surface area contributed by atoms with Crippen molar-refractivity contribution in [1.82, 2.24) is 24.1 Å². The number of nitrogens with zero attached hydrogens (tertiary/aromatic N) is 5. The first-order valence-electron chi connectivity index (χ1n) is 17.3. The van der Waals surface area contributed by atoms with Crippen molar-refractivity contribution in [3.8, 4) is 23.3 Å². The van der Waals surface area contributed by atoms with Crippen LogP contribution in [0.5, 0.6) is 0 Å². The summed E-state index contributed by atoms with van der Waals surface area (Å²) >= 11 is 1.75. The average Bonchev–Trinajstić information content (AvgIpc) is 3.95. The lowest BCUT2D eigenvalue weighted by atomic mass is 10.0. The quantitative estimate of drug-likeness (QED) is 0.186. The number of para-hydroxylation sites is 5. The predicted octanol–water partition coefficient (Wildman–Crippen LogP) is 12.0. The molecule has 0 aliphatic rings. The molecule has 52 heavy (non-hydrogen) atoms. The van der Waals surface area contributed by atoms with E-state index in [0.717, 1.165) is 86.6 Å². The molecule has 0 N–H and O–H groups in total. The third-order valence-electron chi connectivity index (χ3n) is 10.4. The van der Waals surface area contributed by atoms with Crippen LogP contribution in [0.25, 0.3) is 109 Å². The molecule has 12 rings (SSSR count). The molecule has 6 nitrogen and oxygen atoms in total. The third-order valence-corrected chi connectivity index (χ3v) is 11.6. The zero-order chi connectivity index (χ0) is 33.9. The fraction of sp³-hybridized carbons (Fsp3) is 0. The zero-order valence-electron chi connectivity index (χ0n) is 27.5. The summed E-state index contributed by atoms with van der Waals surface area (Å²) in [5, 5.41) is 8.95. The second kappa shape index (κ2) is 10.4. The van der Waals surface area contributed by atoms with Crippen molar-refractivity contribution in [2.45, 2.75) is 0 Å². The van der Waals surface area contributed by atoms with E-state index in [1.807, 2.05) is 12.1 Å². The van der Waals surface area contributed by atoms with E-state index in [-0.39, 0.29) is 0 Å². The van der Waals surface area contributed by atoms with Gasteiger partial charge in [-0.2, -0.15) is 15.0 Å². The number of thiophene rings is 1. The van der Waals surface area contributed by atoms with Gasteiger partial charge in [0.05, 0.1) is 26.8 Å². The van der Waals surface area contributed by atoms with Crippen LogP contribution in [0.2, 0.25) is 0 Å². The Bertz CT molecular complexity index is 3200. The van der Waals surface area contributed by atoms with Crippen LogP contribution >= 0.6 is 11.3 Å². The van der Waals surface area contributed by atoms with Crippen LogP contribution in [0, 0.1) is 0 Å². The molecule has 0 bridgehead atoms. The smallest absolute Gasteiger partial charge is 0.240 e. The Labute approximate surface area is 299 Å². The van der Waals surface area contributed by atoms with Crippen LogP contribution in [-0.2, 0) is 0 Å². The maximum absolute atomic E-state index is 6.63. The Hall–Kier alpha value is -6.83. The highest BCUT2D eigenvalue weighted by molar-refractivity contribution is 7.26. The van der Waals surface area contributed by atoms with Gasteiger partial charge < -0.3 is 4.42 Å². The lowest BCUT2D eigenvalue weighted by Crippen LogP contribution is -2.10. The van der Waals surface area contributed by atoms with Crippen LogP contribution in [0.15, 0.2) is 156 Å². The molecule has 0 unspecified atom stereocenters. The Morgan fingerprint density at radius 3 is 1.46 bits per heavy atom. The summed E-state index contributed by atoms with van der Waals surface area (Å²) < 4.78 is 13.3. The highest BCUT2D eigenvalue weighted by Gasteiger charge is 2.24. The first-order valence-corrected chi connectivity index (χ1v) is 18.1. The van der Waals surface area contributed by atoms with E-state index < -0.39 is 0 Å². The van der Waals surface area contributed by atoms with Crippen molar-refractivity contribution in [3.05, 3.63) is 152 Å².